The number of hydrogen-bond acceptors (Lipinski definition) is 3. The van der Waals surface area contributed by atoms with E-state index in [0.29, 0.717) is 6.04 Å². The minimum atomic E-state index is 0. The number of nitrogens with one attached hydrogen (secondary N) is 1. The molecule has 2 heterocycles. The monoisotopic (exact) mass is 317 g/mol. The molecule has 2 aromatic rings. The summed E-state index contributed by atoms with van der Waals surface area (Å²) in [6.07, 6.45) is 6.33. The summed E-state index contributed by atoms with van der Waals surface area (Å²) in [7, 11) is 2.07. The van der Waals surface area contributed by atoms with Gasteiger partial charge in [0.15, 0.2) is 0 Å². The number of nitrogens with zero attached hydrogens (tertiary/aromatic N) is 2. The van der Waals surface area contributed by atoms with Crippen LogP contribution in [0.4, 0.5) is 0 Å². The van der Waals surface area contributed by atoms with Gasteiger partial charge in [0.25, 0.3) is 0 Å². The van der Waals surface area contributed by atoms with Gasteiger partial charge >= 0.3 is 0 Å². The normalized spacial score (nSPS) is 18.7. The molecule has 0 bridgehead atoms. The Hall–Kier alpha value is -1.42. The molecule has 1 aromatic carbocycles. The van der Waals surface area contributed by atoms with Crippen LogP contribution in [0.15, 0.2) is 48.8 Å². The van der Waals surface area contributed by atoms with E-state index in [2.05, 4.69) is 52.6 Å². The average Bonchev–Trinajstić information content (AvgIpc) is 2.56. The van der Waals surface area contributed by atoms with Gasteiger partial charge in [0.05, 0.1) is 0 Å². The first-order chi connectivity index (χ1) is 10.3. The Morgan fingerprint density at radius 3 is 2.86 bits per heavy atom. The molecular formula is C18H24ClN3. The van der Waals surface area contributed by atoms with Crippen molar-refractivity contribution in [2.75, 3.05) is 20.1 Å². The largest absolute Gasteiger partial charge is 0.316 e. The van der Waals surface area contributed by atoms with Crippen LogP contribution in [0.25, 0.3) is 11.1 Å². The molecule has 1 saturated heterocycles. The molecule has 1 unspecified atom stereocenters. The second-order valence-electron chi connectivity index (χ2n) is 5.81. The van der Waals surface area contributed by atoms with Crippen molar-refractivity contribution in [3.05, 3.63) is 54.4 Å². The fourth-order valence-electron chi connectivity index (χ4n) is 3.08. The van der Waals surface area contributed by atoms with E-state index in [1.165, 1.54) is 36.1 Å². The van der Waals surface area contributed by atoms with Gasteiger partial charge in [-0.1, -0.05) is 24.3 Å². The van der Waals surface area contributed by atoms with Crippen LogP contribution in [0.3, 0.4) is 0 Å². The first-order valence-corrected chi connectivity index (χ1v) is 7.74. The van der Waals surface area contributed by atoms with E-state index in [4.69, 9.17) is 0 Å². The summed E-state index contributed by atoms with van der Waals surface area (Å²) in [5, 5.41) is 3.41. The summed E-state index contributed by atoms with van der Waals surface area (Å²) in [6, 6.07) is 13.6. The quantitative estimate of drug-likeness (QED) is 0.937. The average molecular weight is 318 g/mol. The minimum Gasteiger partial charge on any atom is -0.316 e. The number of hydrogen-bond donors (Lipinski definition) is 1. The molecule has 1 fully saturated rings. The van der Waals surface area contributed by atoms with Crippen LogP contribution in [-0.2, 0) is 6.54 Å². The van der Waals surface area contributed by atoms with Crippen LogP contribution >= 0.6 is 12.4 Å². The standard InChI is InChI=1S/C18H23N3.ClH/c1-19-18-8-4-10-21(14-18)13-15-5-2-6-16(11-15)17-7-3-9-20-12-17;/h2-3,5-7,9,11-12,18-19H,4,8,10,13-14H2,1H3;1H. The number of benzene rings is 1. The highest BCUT2D eigenvalue weighted by Gasteiger charge is 2.18. The molecule has 22 heavy (non-hydrogen) atoms. The van der Waals surface area contributed by atoms with Crippen molar-refractivity contribution in [2.24, 2.45) is 0 Å². The summed E-state index contributed by atoms with van der Waals surface area (Å²) >= 11 is 0. The summed E-state index contributed by atoms with van der Waals surface area (Å²) < 4.78 is 0. The molecular weight excluding hydrogens is 294 g/mol. The summed E-state index contributed by atoms with van der Waals surface area (Å²) in [6.45, 7) is 3.38. The first kappa shape index (κ1) is 16.9. The van der Waals surface area contributed by atoms with Crippen LogP contribution < -0.4 is 5.32 Å². The number of pyridine rings is 1. The second-order valence-corrected chi connectivity index (χ2v) is 5.81. The van der Waals surface area contributed by atoms with Crippen molar-refractivity contribution in [3.8, 4) is 11.1 Å². The third-order valence-corrected chi connectivity index (χ3v) is 4.24. The van der Waals surface area contributed by atoms with Crippen molar-refractivity contribution in [1.29, 1.82) is 0 Å². The van der Waals surface area contributed by atoms with Gasteiger partial charge in [-0.05, 0) is 55.3 Å². The predicted molar refractivity (Wildman–Crippen MR) is 94.3 cm³/mol. The third-order valence-electron chi connectivity index (χ3n) is 4.24. The molecule has 0 aliphatic carbocycles. The smallest absolute Gasteiger partial charge is 0.0346 e. The van der Waals surface area contributed by atoms with Crippen LogP contribution in [0.5, 0.6) is 0 Å². The molecule has 4 heteroatoms. The SMILES string of the molecule is CNC1CCCN(Cc2cccc(-c3cccnc3)c2)C1.Cl. The molecule has 0 radical (unpaired) electrons. The maximum absolute atomic E-state index is 4.21. The van der Waals surface area contributed by atoms with E-state index >= 15 is 0 Å². The van der Waals surface area contributed by atoms with E-state index in [1.807, 2.05) is 18.5 Å². The molecule has 3 nitrogen and oxygen atoms in total. The number of rotatable bonds is 4. The van der Waals surface area contributed by atoms with Crippen molar-refractivity contribution >= 4 is 12.4 Å². The number of aromatic nitrogens is 1. The van der Waals surface area contributed by atoms with Gasteiger partial charge in [0, 0.05) is 31.5 Å². The lowest BCUT2D eigenvalue weighted by Gasteiger charge is -2.32. The Morgan fingerprint density at radius 1 is 1.23 bits per heavy atom. The zero-order chi connectivity index (χ0) is 14.5. The van der Waals surface area contributed by atoms with E-state index < -0.39 is 0 Å². The van der Waals surface area contributed by atoms with E-state index in [0.717, 1.165) is 13.1 Å². The fourth-order valence-corrected chi connectivity index (χ4v) is 3.08. The highest BCUT2D eigenvalue weighted by atomic mass is 35.5. The zero-order valence-electron chi connectivity index (χ0n) is 13.0. The van der Waals surface area contributed by atoms with Gasteiger partial charge in [0.2, 0.25) is 0 Å². The number of piperidine rings is 1. The summed E-state index contributed by atoms with van der Waals surface area (Å²) in [5.74, 6) is 0. The van der Waals surface area contributed by atoms with E-state index in [-0.39, 0.29) is 12.4 Å². The van der Waals surface area contributed by atoms with Crippen LogP contribution in [0, 0.1) is 0 Å². The number of halogens is 1. The Bertz CT molecular complexity index is 574. The molecule has 0 saturated carbocycles. The molecule has 1 aromatic heterocycles. The summed E-state index contributed by atoms with van der Waals surface area (Å²) in [4.78, 5) is 6.76. The van der Waals surface area contributed by atoms with Crippen molar-refractivity contribution < 1.29 is 0 Å². The lowest BCUT2D eigenvalue weighted by molar-refractivity contribution is 0.188. The fraction of sp³-hybridized carbons (Fsp3) is 0.389. The molecule has 1 N–H and O–H groups in total. The van der Waals surface area contributed by atoms with Gasteiger partial charge in [-0.15, -0.1) is 12.4 Å². The zero-order valence-corrected chi connectivity index (χ0v) is 13.9. The first-order valence-electron chi connectivity index (χ1n) is 7.74. The maximum atomic E-state index is 4.21. The molecule has 3 rings (SSSR count). The van der Waals surface area contributed by atoms with Crippen LogP contribution in [0.2, 0.25) is 0 Å². The number of likely N-dealkylation sites (N-methyl/N-ethyl adjacent to an activating group) is 1. The van der Waals surface area contributed by atoms with Gasteiger partial charge in [-0.3, -0.25) is 9.88 Å². The molecule has 1 aliphatic heterocycles. The Kier molecular flexibility index (Phi) is 6.37. The van der Waals surface area contributed by atoms with Crippen molar-refractivity contribution in [1.82, 2.24) is 15.2 Å². The van der Waals surface area contributed by atoms with Crippen molar-refractivity contribution in [2.45, 2.75) is 25.4 Å². The topological polar surface area (TPSA) is 28.2 Å². The van der Waals surface area contributed by atoms with E-state index in [1.54, 1.807) is 0 Å². The molecule has 0 spiro atoms. The highest BCUT2D eigenvalue weighted by molar-refractivity contribution is 5.85. The molecule has 0 amide bonds. The maximum Gasteiger partial charge on any atom is 0.0346 e. The second kappa shape index (κ2) is 8.28. The van der Waals surface area contributed by atoms with Crippen LogP contribution in [-0.4, -0.2) is 36.1 Å². The summed E-state index contributed by atoms with van der Waals surface area (Å²) in [5.41, 5.74) is 3.82. The third kappa shape index (κ3) is 4.29. The van der Waals surface area contributed by atoms with Crippen LogP contribution in [0.1, 0.15) is 18.4 Å². The van der Waals surface area contributed by atoms with Gasteiger partial charge in [-0.2, -0.15) is 0 Å². The van der Waals surface area contributed by atoms with Crippen molar-refractivity contribution in [3.63, 3.8) is 0 Å². The Labute approximate surface area is 139 Å². The lowest BCUT2D eigenvalue weighted by atomic mass is 10.0. The lowest BCUT2D eigenvalue weighted by Crippen LogP contribution is -2.43. The minimum absolute atomic E-state index is 0. The highest BCUT2D eigenvalue weighted by Crippen LogP contribution is 2.21. The Morgan fingerprint density at radius 2 is 2.09 bits per heavy atom. The van der Waals surface area contributed by atoms with Gasteiger partial charge in [-0.25, -0.2) is 0 Å². The number of likely N-dealkylation sites (tertiary alicyclic amines) is 1. The predicted octanol–water partition coefficient (Wildman–Crippen LogP) is 3.35. The van der Waals surface area contributed by atoms with Gasteiger partial charge < -0.3 is 5.32 Å². The molecule has 118 valence electrons. The molecule has 1 aliphatic rings. The molecule has 1 atom stereocenters. The van der Waals surface area contributed by atoms with E-state index in [9.17, 15) is 0 Å². The Balaban J connectivity index is 0.00000176. The van der Waals surface area contributed by atoms with Gasteiger partial charge in [0.1, 0.15) is 0 Å².